The molecule has 0 amide bonds. The summed E-state index contributed by atoms with van der Waals surface area (Å²) in [6.07, 6.45) is 0.404. The number of benzene rings is 2. The first kappa shape index (κ1) is 18.4. The summed E-state index contributed by atoms with van der Waals surface area (Å²) in [5, 5.41) is 12.9. The van der Waals surface area contributed by atoms with Gasteiger partial charge in [0.15, 0.2) is 11.5 Å². The fourth-order valence-corrected chi connectivity index (χ4v) is 2.54. The van der Waals surface area contributed by atoms with Gasteiger partial charge in [-0.25, -0.2) is 0 Å². The minimum Gasteiger partial charge on any atom is -0.494 e. The second-order valence-corrected chi connectivity index (χ2v) is 5.21. The number of hydrogen-bond donors (Lipinski definition) is 1. The third kappa shape index (κ3) is 4.35. The van der Waals surface area contributed by atoms with E-state index in [1.807, 2.05) is 43.3 Å². The fraction of sp³-hybridized carbons (Fsp3) is 0.316. The van der Waals surface area contributed by atoms with Crippen LogP contribution in [0.1, 0.15) is 18.1 Å². The Morgan fingerprint density at radius 1 is 0.960 bits per heavy atom. The molecule has 0 aliphatic rings. The summed E-state index contributed by atoms with van der Waals surface area (Å²) in [6, 6.07) is 11.1. The van der Waals surface area contributed by atoms with Crippen LogP contribution in [0.15, 0.2) is 41.6 Å². The molecule has 0 atom stereocenters. The Bertz CT molecular complexity index is 700. The van der Waals surface area contributed by atoms with Crippen LogP contribution in [0, 0.1) is 0 Å². The molecule has 0 radical (unpaired) electrons. The zero-order chi connectivity index (χ0) is 18.2. The van der Waals surface area contributed by atoms with Crippen LogP contribution in [-0.4, -0.2) is 38.9 Å². The van der Waals surface area contributed by atoms with Crippen molar-refractivity contribution in [2.45, 2.75) is 13.3 Å². The van der Waals surface area contributed by atoms with E-state index >= 15 is 0 Å². The standard InChI is InChI=1S/C19H23NO5/c1-5-25-15-8-6-14(7-9-15)16(20-21)10-13-11-17(22-2)19(24-4)18(12-13)23-3/h6-9,11-12,21H,5,10H2,1-4H3. The lowest BCUT2D eigenvalue weighted by molar-refractivity contribution is 0.318. The summed E-state index contributed by atoms with van der Waals surface area (Å²) in [6.45, 7) is 2.53. The SMILES string of the molecule is CCOc1ccc(C(Cc2cc(OC)c(OC)c(OC)c2)=NO)cc1. The minimum atomic E-state index is 0.404. The first-order valence-electron chi connectivity index (χ1n) is 7.89. The Labute approximate surface area is 147 Å². The van der Waals surface area contributed by atoms with Gasteiger partial charge >= 0.3 is 0 Å². The summed E-state index contributed by atoms with van der Waals surface area (Å²) < 4.78 is 21.5. The average molecular weight is 345 g/mol. The van der Waals surface area contributed by atoms with Gasteiger partial charge in [0, 0.05) is 6.42 Å². The van der Waals surface area contributed by atoms with Crippen LogP contribution in [0.3, 0.4) is 0 Å². The molecule has 0 spiro atoms. The summed E-state index contributed by atoms with van der Waals surface area (Å²) in [7, 11) is 4.68. The predicted octanol–water partition coefficient (Wildman–Crippen LogP) is 3.53. The first-order chi connectivity index (χ1) is 12.2. The molecule has 0 saturated carbocycles. The monoisotopic (exact) mass is 345 g/mol. The van der Waals surface area contributed by atoms with Crippen molar-refractivity contribution in [1.29, 1.82) is 0 Å². The molecule has 0 saturated heterocycles. The van der Waals surface area contributed by atoms with Gasteiger partial charge < -0.3 is 24.2 Å². The molecule has 0 unspecified atom stereocenters. The van der Waals surface area contributed by atoms with Crippen molar-refractivity contribution in [3.63, 3.8) is 0 Å². The maximum atomic E-state index is 9.44. The van der Waals surface area contributed by atoms with Crippen molar-refractivity contribution < 1.29 is 24.2 Å². The highest BCUT2D eigenvalue weighted by atomic mass is 16.5. The van der Waals surface area contributed by atoms with Gasteiger partial charge in [0.05, 0.1) is 33.6 Å². The topological polar surface area (TPSA) is 69.5 Å². The van der Waals surface area contributed by atoms with Crippen molar-refractivity contribution in [3.8, 4) is 23.0 Å². The largest absolute Gasteiger partial charge is 0.494 e. The molecule has 25 heavy (non-hydrogen) atoms. The zero-order valence-corrected chi connectivity index (χ0v) is 14.9. The quantitative estimate of drug-likeness (QED) is 0.450. The highest BCUT2D eigenvalue weighted by Crippen LogP contribution is 2.38. The first-order valence-corrected chi connectivity index (χ1v) is 7.89. The van der Waals surface area contributed by atoms with Gasteiger partial charge in [-0.05, 0) is 54.4 Å². The van der Waals surface area contributed by atoms with Crippen LogP contribution in [-0.2, 0) is 6.42 Å². The fourth-order valence-electron chi connectivity index (χ4n) is 2.54. The smallest absolute Gasteiger partial charge is 0.203 e. The number of rotatable bonds is 8. The second kappa shape index (κ2) is 8.82. The molecule has 6 heteroatoms. The molecule has 0 fully saturated rings. The maximum absolute atomic E-state index is 9.44. The van der Waals surface area contributed by atoms with E-state index in [2.05, 4.69) is 5.16 Å². The average Bonchev–Trinajstić information content (AvgIpc) is 2.66. The molecule has 2 aromatic rings. The molecule has 0 aliphatic heterocycles. The van der Waals surface area contributed by atoms with Gasteiger partial charge in [-0.2, -0.15) is 0 Å². The summed E-state index contributed by atoms with van der Waals surface area (Å²) >= 11 is 0. The predicted molar refractivity (Wildman–Crippen MR) is 95.7 cm³/mol. The van der Waals surface area contributed by atoms with Crippen LogP contribution < -0.4 is 18.9 Å². The summed E-state index contributed by atoms with van der Waals surface area (Å²) in [5.74, 6) is 2.41. The van der Waals surface area contributed by atoms with Gasteiger partial charge in [0.2, 0.25) is 5.75 Å². The second-order valence-electron chi connectivity index (χ2n) is 5.21. The lowest BCUT2D eigenvalue weighted by atomic mass is 10.0. The van der Waals surface area contributed by atoms with E-state index in [1.165, 1.54) is 0 Å². The third-order valence-corrected chi connectivity index (χ3v) is 3.72. The molecule has 0 aliphatic carbocycles. The molecule has 0 heterocycles. The Balaban J connectivity index is 2.29. The van der Waals surface area contributed by atoms with Crippen LogP contribution in [0.5, 0.6) is 23.0 Å². The van der Waals surface area contributed by atoms with E-state index < -0.39 is 0 Å². The van der Waals surface area contributed by atoms with Crippen LogP contribution in [0.4, 0.5) is 0 Å². The zero-order valence-electron chi connectivity index (χ0n) is 14.9. The number of nitrogens with zero attached hydrogens (tertiary/aromatic N) is 1. The van der Waals surface area contributed by atoms with E-state index in [0.717, 1.165) is 16.9 Å². The van der Waals surface area contributed by atoms with E-state index in [-0.39, 0.29) is 0 Å². The number of oxime groups is 1. The molecule has 1 N–H and O–H groups in total. The molecule has 134 valence electrons. The molecule has 2 aromatic carbocycles. The van der Waals surface area contributed by atoms with E-state index in [9.17, 15) is 5.21 Å². The van der Waals surface area contributed by atoms with Gasteiger partial charge in [-0.1, -0.05) is 5.16 Å². The Morgan fingerprint density at radius 2 is 1.56 bits per heavy atom. The van der Waals surface area contributed by atoms with Crippen molar-refractivity contribution in [1.82, 2.24) is 0 Å². The summed E-state index contributed by atoms with van der Waals surface area (Å²) in [4.78, 5) is 0. The molecule has 2 rings (SSSR count). The Kier molecular flexibility index (Phi) is 6.51. The van der Waals surface area contributed by atoms with Gasteiger partial charge in [0.25, 0.3) is 0 Å². The van der Waals surface area contributed by atoms with Crippen LogP contribution in [0.2, 0.25) is 0 Å². The number of ether oxygens (including phenoxy) is 4. The van der Waals surface area contributed by atoms with Gasteiger partial charge in [-0.3, -0.25) is 0 Å². The Morgan fingerprint density at radius 3 is 2.00 bits per heavy atom. The molecular formula is C19H23NO5. The van der Waals surface area contributed by atoms with Crippen LogP contribution in [0.25, 0.3) is 0 Å². The van der Waals surface area contributed by atoms with E-state index in [0.29, 0.717) is 36.0 Å². The molecular weight excluding hydrogens is 322 g/mol. The van der Waals surface area contributed by atoms with Crippen molar-refractivity contribution in [2.75, 3.05) is 27.9 Å². The molecule has 0 aromatic heterocycles. The van der Waals surface area contributed by atoms with Crippen molar-refractivity contribution in [2.24, 2.45) is 5.16 Å². The van der Waals surface area contributed by atoms with Gasteiger partial charge in [-0.15, -0.1) is 0 Å². The van der Waals surface area contributed by atoms with E-state index in [4.69, 9.17) is 18.9 Å². The van der Waals surface area contributed by atoms with Crippen molar-refractivity contribution in [3.05, 3.63) is 47.5 Å². The highest BCUT2D eigenvalue weighted by molar-refractivity contribution is 6.01. The highest BCUT2D eigenvalue weighted by Gasteiger charge is 2.15. The number of methoxy groups -OCH3 is 3. The molecule has 6 nitrogen and oxygen atoms in total. The summed E-state index contributed by atoms with van der Waals surface area (Å²) in [5.41, 5.74) is 2.20. The minimum absolute atomic E-state index is 0.404. The van der Waals surface area contributed by atoms with Crippen molar-refractivity contribution >= 4 is 5.71 Å². The lowest BCUT2D eigenvalue weighted by Gasteiger charge is -2.14. The maximum Gasteiger partial charge on any atom is 0.203 e. The Hall–Kier alpha value is -2.89. The van der Waals surface area contributed by atoms with E-state index in [1.54, 1.807) is 21.3 Å². The van der Waals surface area contributed by atoms with Gasteiger partial charge in [0.1, 0.15) is 5.75 Å². The van der Waals surface area contributed by atoms with Crippen LogP contribution >= 0.6 is 0 Å². The molecule has 0 bridgehead atoms. The normalized spacial score (nSPS) is 11.1. The third-order valence-electron chi connectivity index (χ3n) is 3.72. The number of hydrogen-bond acceptors (Lipinski definition) is 6. The lowest BCUT2D eigenvalue weighted by Crippen LogP contribution is -2.07.